The van der Waals surface area contributed by atoms with Gasteiger partial charge < -0.3 is 9.73 Å². The van der Waals surface area contributed by atoms with E-state index < -0.39 is 0 Å². The maximum absolute atomic E-state index is 12.2. The van der Waals surface area contributed by atoms with Crippen LogP contribution in [0, 0.1) is 13.8 Å². The van der Waals surface area contributed by atoms with Gasteiger partial charge in [-0.05, 0) is 26.0 Å². The highest BCUT2D eigenvalue weighted by molar-refractivity contribution is 6.04. The van der Waals surface area contributed by atoms with Crippen molar-refractivity contribution in [1.82, 2.24) is 19.7 Å². The molecule has 0 aromatic carbocycles. The van der Waals surface area contributed by atoms with Crippen LogP contribution in [0.2, 0.25) is 0 Å². The topological polar surface area (TPSA) is 85.8 Å². The number of furan rings is 1. The molecule has 0 atom stereocenters. The Labute approximate surface area is 120 Å². The van der Waals surface area contributed by atoms with Crippen LogP contribution in [0.15, 0.2) is 41.3 Å². The first-order chi connectivity index (χ1) is 10.1. The lowest BCUT2D eigenvalue weighted by Gasteiger charge is -2.05. The molecule has 0 saturated heterocycles. The van der Waals surface area contributed by atoms with Crippen molar-refractivity contribution in [3.8, 4) is 5.82 Å². The zero-order valence-corrected chi connectivity index (χ0v) is 11.6. The number of carbonyl (C=O) groups is 1. The van der Waals surface area contributed by atoms with Gasteiger partial charge in [0.05, 0.1) is 5.56 Å². The predicted octanol–water partition coefficient (Wildman–Crippen LogP) is 2.12. The standard InChI is InChI=1S/C14H13N5O2/c1-9-6-11(10(2)21-9)14(20)18-12-7-13(16-8-15-12)19-5-3-4-17-19/h3-8H,1-2H3,(H,15,16,18,20). The Morgan fingerprint density at radius 3 is 2.81 bits per heavy atom. The van der Waals surface area contributed by atoms with Gasteiger partial charge in [0.15, 0.2) is 5.82 Å². The van der Waals surface area contributed by atoms with Gasteiger partial charge in [-0.25, -0.2) is 14.6 Å². The van der Waals surface area contributed by atoms with E-state index in [1.54, 1.807) is 49.1 Å². The third-order valence-corrected chi connectivity index (χ3v) is 2.92. The van der Waals surface area contributed by atoms with Gasteiger partial charge in [-0.15, -0.1) is 0 Å². The summed E-state index contributed by atoms with van der Waals surface area (Å²) in [5.41, 5.74) is 0.492. The second kappa shape index (κ2) is 5.20. The first kappa shape index (κ1) is 13.0. The molecule has 0 saturated carbocycles. The molecule has 3 heterocycles. The van der Waals surface area contributed by atoms with Crippen LogP contribution < -0.4 is 5.32 Å². The number of aryl methyl sites for hydroxylation is 2. The average Bonchev–Trinajstić information content (AvgIpc) is 3.08. The summed E-state index contributed by atoms with van der Waals surface area (Å²) in [7, 11) is 0. The molecular formula is C14H13N5O2. The van der Waals surface area contributed by atoms with E-state index in [1.165, 1.54) is 6.33 Å². The van der Waals surface area contributed by atoms with Crippen LogP contribution in [0.25, 0.3) is 5.82 Å². The molecule has 1 amide bonds. The number of carbonyl (C=O) groups excluding carboxylic acids is 1. The van der Waals surface area contributed by atoms with Gasteiger partial charge in [0.2, 0.25) is 0 Å². The second-order valence-corrected chi connectivity index (χ2v) is 4.49. The van der Waals surface area contributed by atoms with Gasteiger partial charge in [0, 0.05) is 18.5 Å². The Balaban J connectivity index is 1.84. The van der Waals surface area contributed by atoms with E-state index in [-0.39, 0.29) is 5.91 Å². The van der Waals surface area contributed by atoms with E-state index in [4.69, 9.17) is 4.42 Å². The van der Waals surface area contributed by atoms with Gasteiger partial charge in [0.1, 0.15) is 23.7 Å². The van der Waals surface area contributed by atoms with E-state index in [9.17, 15) is 4.79 Å². The molecule has 3 aromatic heterocycles. The summed E-state index contributed by atoms with van der Waals surface area (Å²) >= 11 is 0. The van der Waals surface area contributed by atoms with Crippen molar-refractivity contribution in [3.63, 3.8) is 0 Å². The van der Waals surface area contributed by atoms with Crippen molar-refractivity contribution in [1.29, 1.82) is 0 Å². The minimum absolute atomic E-state index is 0.269. The molecule has 0 aliphatic rings. The number of rotatable bonds is 3. The molecule has 0 radical (unpaired) electrons. The number of anilines is 1. The lowest BCUT2D eigenvalue weighted by atomic mass is 10.2. The van der Waals surface area contributed by atoms with Gasteiger partial charge >= 0.3 is 0 Å². The molecule has 7 heteroatoms. The van der Waals surface area contributed by atoms with Crippen LogP contribution in [-0.4, -0.2) is 25.7 Å². The molecule has 0 spiro atoms. The predicted molar refractivity (Wildman–Crippen MR) is 75.3 cm³/mol. The summed E-state index contributed by atoms with van der Waals surface area (Å²) in [6.07, 6.45) is 4.79. The molecule has 0 unspecified atom stereocenters. The van der Waals surface area contributed by atoms with Crippen LogP contribution in [0.1, 0.15) is 21.9 Å². The van der Waals surface area contributed by atoms with E-state index in [0.717, 1.165) is 0 Å². The summed E-state index contributed by atoms with van der Waals surface area (Å²) in [4.78, 5) is 20.3. The van der Waals surface area contributed by atoms with Crippen LogP contribution in [0.4, 0.5) is 5.82 Å². The van der Waals surface area contributed by atoms with Crippen LogP contribution in [0.3, 0.4) is 0 Å². The van der Waals surface area contributed by atoms with Crippen LogP contribution >= 0.6 is 0 Å². The molecular weight excluding hydrogens is 270 g/mol. The van der Waals surface area contributed by atoms with Crippen molar-refractivity contribution in [2.24, 2.45) is 0 Å². The second-order valence-electron chi connectivity index (χ2n) is 4.49. The third kappa shape index (κ3) is 2.66. The number of nitrogens with one attached hydrogen (secondary N) is 1. The maximum atomic E-state index is 12.2. The van der Waals surface area contributed by atoms with Gasteiger partial charge in [-0.2, -0.15) is 5.10 Å². The molecule has 0 fully saturated rings. The highest BCUT2D eigenvalue weighted by Crippen LogP contribution is 2.16. The summed E-state index contributed by atoms with van der Waals surface area (Å²) in [5.74, 6) is 1.97. The van der Waals surface area contributed by atoms with Crippen molar-refractivity contribution < 1.29 is 9.21 Å². The fraction of sp³-hybridized carbons (Fsp3) is 0.143. The first-order valence-corrected chi connectivity index (χ1v) is 6.34. The van der Waals surface area contributed by atoms with E-state index in [0.29, 0.717) is 28.7 Å². The van der Waals surface area contributed by atoms with Gasteiger partial charge in [-0.3, -0.25) is 4.79 Å². The van der Waals surface area contributed by atoms with E-state index in [2.05, 4.69) is 20.4 Å². The smallest absolute Gasteiger partial charge is 0.260 e. The fourth-order valence-electron chi connectivity index (χ4n) is 1.98. The van der Waals surface area contributed by atoms with Crippen LogP contribution in [0.5, 0.6) is 0 Å². The summed E-state index contributed by atoms with van der Waals surface area (Å²) < 4.78 is 6.94. The van der Waals surface area contributed by atoms with Gasteiger partial charge in [-0.1, -0.05) is 0 Å². The zero-order chi connectivity index (χ0) is 14.8. The maximum Gasteiger partial charge on any atom is 0.260 e. The van der Waals surface area contributed by atoms with E-state index in [1.807, 2.05) is 0 Å². The molecule has 0 aliphatic carbocycles. The molecule has 21 heavy (non-hydrogen) atoms. The lowest BCUT2D eigenvalue weighted by Crippen LogP contribution is -2.14. The number of hydrogen-bond acceptors (Lipinski definition) is 5. The van der Waals surface area contributed by atoms with E-state index >= 15 is 0 Å². The number of hydrogen-bond donors (Lipinski definition) is 1. The molecule has 7 nitrogen and oxygen atoms in total. The number of nitrogens with zero attached hydrogens (tertiary/aromatic N) is 4. The molecule has 3 rings (SSSR count). The lowest BCUT2D eigenvalue weighted by molar-refractivity contribution is 0.102. The molecule has 1 N–H and O–H groups in total. The van der Waals surface area contributed by atoms with Crippen molar-refractivity contribution >= 4 is 11.7 Å². The summed E-state index contributed by atoms with van der Waals surface area (Å²) in [5, 5.41) is 6.80. The minimum atomic E-state index is -0.269. The highest BCUT2D eigenvalue weighted by atomic mass is 16.3. The number of amides is 1. The third-order valence-electron chi connectivity index (χ3n) is 2.92. The summed E-state index contributed by atoms with van der Waals surface area (Å²) in [6, 6.07) is 5.13. The Kier molecular flexibility index (Phi) is 3.23. The normalized spacial score (nSPS) is 10.6. The highest BCUT2D eigenvalue weighted by Gasteiger charge is 2.14. The fourth-order valence-corrected chi connectivity index (χ4v) is 1.98. The SMILES string of the molecule is Cc1cc(C(=O)Nc2cc(-n3cccn3)ncn2)c(C)o1. The zero-order valence-electron chi connectivity index (χ0n) is 11.6. The average molecular weight is 283 g/mol. The minimum Gasteiger partial charge on any atom is -0.466 e. The molecule has 0 bridgehead atoms. The van der Waals surface area contributed by atoms with Gasteiger partial charge in [0.25, 0.3) is 5.91 Å². The van der Waals surface area contributed by atoms with Crippen molar-refractivity contribution in [3.05, 3.63) is 54.0 Å². The Morgan fingerprint density at radius 2 is 2.14 bits per heavy atom. The first-order valence-electron chi connectivity index (χ1n) is 6.34. The van der Waals surface area contributed by atoms with Crippen molar-refractivity contribution in [2.75, 3.05) is 5.32 Å². The summed E-state index contributed by atoms with van der Waals surface area (Å²) in [6.45, 7) is 3.54. The molecule has 3 aromatic rings. The quantitative estimate of drug-likeness (QED) is 0.795. The monoisotopic (exact) mass is 283 g/mol. The van der Waals surface area contributed by atoms with Crippen LogP contribution in [-0.2, 0) is 0 Å². The largest absolute Gasteiger partial charge is 0.466 e. The van der Waals surface area contributed by atoms with Crippen molar-refractivity contribution in [2.45, 2.75) is 13.8 Å². The molecule has 0 aliphatic heterocycles. The Hall–Kier alpha value is -2.96. The number of aromatic nitrogens is 4. The molecule has 106 valence electrons. The Bertz CT molecular complexity index is 777. The Morgan fingerprint density at radius 1 is 1.29 bits per heavy atom.